The number of nitriles is 1. The fraction of sp³-hybridized carbons (Fsp3) is 0.356. The quantitative estimate of drug-likeness (QED) is 0.0472. The molecule has 1 aliphatic heterocycles. The van der Waals surface area contributed by atoms with Crippen LogP contribution in [0.25, 0.3) is 21.6 Å². The Morgan fingerprint density at radius 3 is 2.12 bits per heavy atom. The minimum absolute atomic E-state index is 0.120. The summed E-state index contributed by atoms with van der Waals surface area (Å²) in [4.78, 5) is 10.8. The van der Waals surface area contributed by atoms with Gasteiger partial charge in [0.15, 0.2) is 5.65 Å². The number of aromatic nitrogens is 3. The van der Waals surface area contributed by atoms with Crippen molar-refractivity contribution < 1.29 is 28.0 Å². The van der Waals surface area contributed by atoms with E-state index in [1.165, 1.54) is 0 Å². The van der Waals surface area contributed by atoms with Gasteiger partial charge in [0.2, 0.25) is 0 Å². The minimum Gasteiger partial charge on any atom is -0.497 e. The summed E-state index contributed by atoms with van der Waals surface area (Å²) in [7, 11) is 1.73. The molecular weight excluding hydrogens is 770 g/mol. The van der Waals surface area contributed by atoms with E-state index < -0.39 is 32.6 Å². The van der Waals surface area contributed by atoms with Gasteiger partial charge >= 0.3 is 0 Å². The molecule has 302 valence electrons. The number of thiophene rings is 1. The number of pyridine rings is 1. The number of hydrogen-bond donors (Lipinski definition) is 0. The molecule has 3 aromatic carbocycles. The summed E-state index contributed by atoms with van der Waals surface area (Å²) in [6.45, 7) is 8.93. The van der Waals surface area contributed by atoms with Crippen LogP contribution in [-0.2, 0) is 24.1 Å². The summed E-state index contributed by atoms with van der Waals surface area (Å²) in [5.74, 6) is 1.48. The third-order valence-electron chi connectivity index (χ3n) is 10.3. The van der Waals surface area contributed by atoms with Gasteiger partial charge in [0.05, 0.1) is 52.4 Å². The second-order valence-electron chi connectivity index (χ2n) is 14.5. The standard InChI is InChI=1S/C45H50N5O6PS/c1-31(2)50(32(3)4)57(54-26-11-24-46)56-39-28-42(49-30-48-43-38(23-25-47-44(43)49)41-14-10-27-58-41)55-40(39)29-53-45(33-12-8-7-9-13-33,34-15-19-36(51-5)20-16-34)35-17-21-37(52-6)22-18-35/h7-10,12-23,25,27,30-32,39-40,42H,11,26,28-29H2,1-6H3/t39-,40+,42-,57?/m0/s1. The molecule has 0 amide bonds. The highest BCUT2D eigenvalue weighted by atomic mass is 32.1. The highest BCUT2D eigenvalue weighted by molar-refractivity contribution is 7.44. The Labute approximate surface area is 346 Å². The summed E-state index contributed by atoms with van der Waals surface area (Å²) >= 11 is 1.67. The molecule has 0 N–H and O–H groups in total. The first kappa shape index (κ1) is 41.5. The van der Waals surface area contributed by atoms with Crippen molar-refractivity contribution in [3.05, 3.63) is 132 Å². The normalized spacial score (nSPS) is 17.6. The molecule has 13 heteroatoms. The van der Waals surface area contributed by atoms with E-state index in [1.807, 2.05) is 96.0 Å². The summed E-state index contributed by atoms with van der Waals surface area (Å²) in [6.07, 6.45) is 2.89. The Morgan fingerprint density at radius 1 is 0.879 bits per heavy atom. The van der Waals surface area contributed by atoms with Gasteiger partial charge in [-0.1, -0.05) is 60.7 Å². The monoisotopic (exact) mass is 819 g/mol. The number of ether oxygens (including phenoxy) is 4. The molecule has 4 heterocycles. The van der Waals surface area contributed by atoms with E-state index in [0.29, 0.717) is 6.42 Å². The molecule has 1 aliphatic rings. The van der Waals surface area contributed by atoms with Gasteiger partial charge in [-0.3, -0.25) is 4.57 Å². The lowest BCUT2D eigenvalue weighted by molar-refractivity contribution is -0.0912. The second-order valence-corrected chi connectivity index (χ2v) is 16.9. The van der Waals surface area contributed by atoms with E-state index in [1.54, 1.807) is 25.6 Å². The van der Waals surface area contributed by atoms with Gasteiger partial charge < -0.3 is 28.0 Å². The van der Waals surface area contributed by atoms with Crippen LogP contribution >= 0.6 is 19.9 Å². The van der Waals surface area contributed by atoms with E-state index in [2.05, 4.69) is 62.0 Å². The van der Waals surface area contributed by atoms with Gasteiger partial charge in [0.1, 0.15) is 34.9 Å². The van der Waals surface area contributed by atoms with Crippen molar-refractivity contribution in [2.75, 3.05) is 27.4 Å². The topological polar surface area (TPSA) is 113 Å². The second kappa shape index (κ2) is 18.9. The first-order chi connectivity index (χ1) is 28.3. The van der Waals surface area contributed by atoms with Crippen molar-refractivity contribution in [2.45, 2.75) is 76.7 Å². The van der Waals surface area contributed by atoms with Crippen LogP contribution in [-0.4, -0.2) is 70.9 Å². The maximum atomic E-state index is 9.41. The van der Waals surface area contributed by atoms with Crippen molar-refractivity contribution >= 4 is 31.0 Å². The number of nitrogens with zero attached hydrogens (tertiary/aromatic N) is 5. The van der Waals surface area contributed by atoms with Gasteiger partial charge in [-0.2, -0.15) is 5.26 Å². The van der Waals surface area contributed by atoms with Crippen molar-refractivity contribution in [1.82, 2.24) is 19.2 Å². The summed E-state index contributed by atoms with van der Waals surface area (Å²) in [5, 5.41) is 11.5. The Bertz CT molecular complexity index is 2190. The molecule has 0 spiro atoms. The summed E-state index contributed by atoms with van der Waals surface area (Å²) in [5.41, 5.74) is 4.25. The van der Waals surface area contributed by atoms with Crippen molar-refractivity contribution in [3.8, 4) is 28.0 Å². The van der Waals surface area contributed by atoms with Gasteiger partial charge in [-0.05, 0) is 86.2 Å². The van der Waals surface area contributed by atoms with Crippen LogP contribution in [0.5, 0.6) is 11.5 Å². The Morgan fingerprint density at radius 2 is 1.53 bits per heavy atom. The highest BCUT2D eigenvalue weighted by Crippen LogP contribution is 2.51. The van der Waals surface area contributed by atoms with E-state index in [-0.39, 0.29) is 31.7 Å². The van der Waals surface area contributed by atoms with E-state index in [9.17, 15) is 5.26 Å². The Balaban J connectivity index is 1.30. The zero-order valence-corrected chi connectivity index (χ0v) is 35.4. The molecular formula is C45H50N5O6PS. The van der Waals surface area contributed by atoms with Crippen LogP contribution < -0.4 is 9.47 Å². The van der Waals surface area contributed by atoms with Crippen LogP contribution in [0.4, 0.5) is 0 Å². The van der Waals surface area contributed by atoms with E-state index in [0.717, 1.165) is 49.8 Å². The van der Waals surface area contributed by atoms with Crippen LogP contribution in [0.3, 0.4) is 0 Å². The molecule has 0 bridgehead atoms. The van der Waals surface area contributed by atoms with Gasteiger partial charge in [-0.15, -0.1) is 11.3 Å². The average Bonchev–Trinajstić information content (AvgIpc) is 4.03. The number of methoxy groups -OCH3 is 2. The smallest absolute Gasteiger partial charge is 0.259 e. The number of imidazole rings is 1. The van der Waals surface area contributed by atoms with Crippen LogP contribution in [0.2, 0.25) is 0 Å². The molecule has 7 rings (SSSR count). The highest BCUT2D eigenvalue weighted by Gasteiger charge is 2.45. The lowest BCUT2D eigenvalue weighted by Gasteiger charge is -2.39. The van der Waals surface area contributed by atoms with Gasteiger partial charge in [0, 0.05) is 35.1 Å². The van der Waals surface area contributed by atoms with Gasteiger partial charge in [-0.25, -0.2) is 14.6 Å². The van der Waals surface area contributed by atoms with Crippen LogP contribution in [0.1, 0.15) is 63.5 Å². The molecule has 6 aromatic rings. The lowest BCUT2D eigenvalue weighted by atomic mass is 9.80. The number of benzene rings is 3. The molecule has 1 saturated heterocycles. The predicted molar refractivity (Wildman–Crippen MR) is 228 cm³/mol. The Kier molecular flexibility index (Phi) is 13.5. The molecule has 3 aromatic heterocycles. The zero-order chi connectivity index (χ0) is 40.6. The van der Waals surface area contributed by atoms with E-state index in [4.69, 9.17) is 38.0 Å². The third-order valence-corrected chi connectivity index (χ3v) is 13.3. The SMILES string of the molecule is COc1ccc(C(OC[C@H]2O[C@H](n3cnc4c(-c5cccs5)ccnc43)C[C@@H]2OP(OCCC#N)N(C(C)C)C(C)C)(c2ccccc2)c2ccc(OC)cc2)cc1. The molecule has 1 fully saturated rings. The zero-order valence-electron chi connectivity index (χ0n) is 33.7. The molecule has 4 atom stereocenters. The fourth-order valence-electron chi connectivity index (χ4n) is 7.60. The lowest BCUT2D eigenvalue weighted by Crippen LogP contribution is -2.39. The maximum absolute atomic E-state index is 9.41. The van der Waals surface area contributed by atoms with Crippen LogP contribution in [0, 0.1) is 11.3 Å². The Hall–Kier alpha value is -4.70. The number of hydrogen-bond acceptors (Lipinski definition) is 11. The number of rotatable bonds is 18. The molecule has 0 radical (unpaired) electrons. The molecule has 0 saturated carbocycles. The molecule has 11 nitrogen and oxygen atoms in total. The number of fused-ring (bicyclic) bond motifs is 1. The third kappa shape index (κ3) is 8.68. The predicted octanol–water partition coefficient (Wildman–Crippen LogP) is 10.1. The molecule has 0 aliphatic carbocycles. The van der Waals surface area contributed by atoms with Crippen molar-refractivity contribution in [1.29, 1.82) is 5.26 Å². The molecule has 58 heavy (non-hydrogen) atoms. The van der Waals surface area contributed by atoms with Crippen LogP contribution in [0.15, 0.2) is 115 Å². The van der Waals surface area contributed by atoms with Crippen molar-refractivity contribution in [2.24, 2.45) is 0 Å². The van der Waals surface area contributed by atoms with E-state index >= 15 is 0 Å². The maximum Gasteiger partial charge on any atom is 0.259 e. The summed E-state index contributed by atoms with van der Waals surface area (Å²) < 4.78 is 43.3. The fourth-order valence-corrected chi connectivity index (χ4v) is 10.1. The van der Waals surface area contributed by atoms with Gasteiger partial charge in [0.25, 0.3) is 8.53 Å². The first-order valence-electron chi connectivity index (χ1n) is 19.5. The molecule has 1 unspecified atom stereocenters. The average molecular weight is 820 g/mol. The minimum atomic E-state index is -1.60. The largest absolute Gasteiger partial charge is 0.497 e. The van der Waals surface area contributed by atoms with Crippen molar-refractivity contribution in [3.63, 3.8) is 0 Å². The summed E-state index contributed by atoms with van der Waals surface area (Å²) in [6, 6.07) is 34.8. The first-order valence-corrected chi connectivity index (χ1v) is 21.5.